The summed E-state index contributed by atoms with van der Waals surface area (Å²) in [5.74, 6) is 1.09. The van der Waals surface area contributed by atoms with E-state index in [1.54, 1.807) is 11.0 Å². The summed E-state index contributed by atoms with van der Waals surface area (Å²) in [5, 5.41) is 0.841. The van der Waals surface area contributed by atoms with Gasteiger partial charge >= 0.3 is 0 Å². The van der Waals surface area contributed by atoms with Gasteiger partial charge in [0.05, 0.1) is 5.92 Å². The van der Waals surface area contributed by atoms with Crippen LogP contribution in [0.15, 0.2) is 42.6 Å². The van der Waals surface area contributed by atoms with E-state index in [4.69, 9.17) is 9.47 Å². The summed E-state index contributed by atoms with van der Waals surface area (Å²) in [6.45, 7) is 4.95. The number of ether oxygens (including phenoxy) is 2. The Hall–Kier alpha value is -3.59. The van der Waals surface area contributed by atoms with Crippen molar-refractivity contribution in [1.29, 1.82) is 0 Å². The van der Waals surface area contributed by atoms with Crippen molar-refractivity contribution in [2.45, 2.75) is 19.4 Å². The first-order chi connectivity index (χ1) is 17.5. The molecule has 3 aromatic rings. The number of carbonyl (C=O) groups excluding carboxylic acids is 2. The van der Waals surface area contributed by atoms with E-state index in [1.807, 2.05) is 23.2 Å². The monoisotopic (exact) mass is 492 g/mol. The van der Waals surface area contributed by atoms with E-state index < -0.39 is 0 Å². The number of hydrogen-bond donors (Lipinski definition) is 1. The average Bonchev–Trinajstić information content (AvgIpc) is 3.61. The highest BCUT2D eigenvalue weighted by Crippen LogP contribution is 2.33. The number of carbonyl (C=O) groups is 2. The highest BCUT2D eigenvalue weighted by molar-refractivity contribution is 5.89. The van der Waals surface area contributed by atoms with Crippen molar-refractivity contribution >= 4 is 22.7 Å². The van der Waals surface area contributed by atoms with Crippen molar-refractivity contribution in [2.75, 3.05) is 46.1 Å². The second kappa shape index (κ2) is 9.46. The molecule has 0 aliphatic carbocycles. The van der Waals surface area contributed by atoms with Crippen molar-refractivity contribution in [3.05, 3.63) is 59.5 Å². The summed E-state index contributed by atoms with van der Waals surface area (Å²) in [6.07, 6.45) is 2.75. The molecule has 36 heavy (non-hydrogen) atoms. The van der Waals surface area contributed by atoms with Gasteiger partial charge in [-0.1, -0.05) is 6.07 Å². The zero-order valence-corrected chi connectivity index (χ0v) is 20.0. The summed E-state index contributed by atoms with van der Waals surface area (Å²) in [7, 11) is 0. The molecule has 2 amide bonds. The van der Waals surface area contributed by atoms with Crippen LogP contribution in [0.4, 0.5) is 4.39 Å². The Labute approximate surface area is 208 Å². The lowest BCUT2D eigenvalue weighted by molar-refractivity contribution is -0.137. The molecule has 188 valence electrons. The lowest BCUT2D eigenvalue weighted by Crippen LogP contribution is -2.50. The molecule has 9 heteroatoms. The number of nitrogens with one attached hydrogen (secondary N) is 1. The predicted molar refractivity (Wildman–Crippen MR) is 131 cm³/mol. The topological polar surface area (TPSA) is 78.1 Å². The molecule has 2 fully saturated rings. The van der Waals surface area contributed by atoms with E-state index in [1.165, 1.54) is 12.1 Å². The Morgan fingerprint density at radius 1 is 1.06 bits per heavy atom. The van der Waals surface area contributed by atoms with Crippen LogP contribution in [0.2, 0.25) is 0 Å². The first-order valence-corrected chi connectivity index (χ1v) is 12.5. The quantitative estimate of drug-likeness (QED) is 0.573. The van der Waals surface area contributed by atoms with Crippen molar-refractivity contribution in [2.24, 2.45) is 5.92 Å². The Morgan fingerprint density at radius 3 is 2.75 bits per heavy atom. The first-order valence-electron chi connectivity index (χ1n) is 12.5. The number of amides is 2. The van der Waals surface area contributed by atoms with Crippen LogP contribution in [0.1, 0.15) is 17.5 Å². The molecule has 2 saturated heterocycles. The number of benzene rings is 2. The lowest BCUT2D eigenvalue weighted by Gasteiger charge is -2.36. The summed E-state index contributed by atoms with van der Waals surface area (Å²) in [4.78, 5) is 35.0. The zero-order chi connectivity index (χ0) is 24.6. The number of hydrogen-bond acceptors (Lipinski definition) is 5. The van der Waals surface area contributed by atoms with E-state index in [2.05, 4.69) is 16.0 Å². The minimum absolute atomic E-state index is 0.0146. The van der Waals surface area contributed by atoms with Crippen molar-refractivity contribution in [3.8, 4) is 11.5 Å². The number of piperazine rings is 1. The first kappa shape index (κ1) is 22.8. The van der Waals surface area contributed by atoms with E-state index in [9.17, 15) is 14.0 Å². The molecule has 0 bridgehead atoms. The molecule has 3 aliphatic rings. The fourth-order valence-corrected chi connectivity index (χ4v) is 5.45. The van der Waals surface area contributed by atoms with E-state index in [-0.39, 0.29) is 36.8 Å². The number of likely N-dealkylation sites (tertiary alicyclic amines) is 1. The molecule has 6 rings (SSSR count). The molecule has 1 aromatic heterocycles. The Kier molecular flexibility index (Phi) is 6.00. The fraction of sp³-hybridized carbons (Fsp3) is 0.407. The maximum atomic E-state index is 13.7. The molecule has 3 aliphatic heterocycles. The Morgan fingerprint density at radius 2 is 1.89 bits per heavy atom. The molecule has 4 heterocycles. The average molecular weight is 493 g/mol. The number of nitrogens with zero attached hydrogens (tertiary/aromatic N) is 3. The van der Waals surface area contributed by atoms with Crippen LogP contribution in [0.3, 0.4) is 0 Å². The predicted octanol–water partition coefficient (Wildman–Crippen LogP) is 2.77. The van der Waals surface area contributed by atoms with Gasteiger partial charge in [-0.15, -0.1) is 0 Å². The summed E-state index contributed by atoms with van der Waals surface area (Å²) < 4.78 is 24.5. The number of halogens is 1. The van der Waals surface area contributed by atoms with Gasteiger partial charge in [-0.3, -0.25) is 14.5 Å². The maximum absolute atomic E-state index is 13.7. The van der Waals surface area contributed by atoms with Crippen molar-refractivity contribution in [1.82, 2.24) is 19.7 Å². The molecule has 1 N–H and O–H groups in total. The highest BCUT2D eigenvalue weighted by Gasteiger charge is 2.37. The van der Waals surface area contributed by atoms with Crippen LogP contribution >= 0.6 is 0 Å². The molecular weight excluding hydrogens is 463 g/mol. The smallest absolute Gasteiger partial charge is 0.231 e. The van der Waals surface area contributed by atoms with Gasteiger partial charge in [-0.2, -0.15) is 0 Å². The Bertz CT molecular complexity index is 1300. The second-order valence-corrected chi connectivity index (χ2v) is 9.78. The molecule has 0 radical (unpaired) electrons. The molecular formula is C27H29FN4O4. The van der Waals surface area contributed by atoms with Gasteiger partial charge in [0.15, 0.2) is 11.5 Å². The number of aromatic amines is 1. The molecule has 0 saturated carbocycles. The van der Waals surface area contributed by atoms with Gasteiger partial charge in [-0.25, -0.2) is 4.39 Å². The van der Waals surface area contributed by atoms with Gasteiger partial charge < -0.3 is 24.3 Å². The van der Waals surface area contributed by atoms with Crippen molar-refractivity contribution in [3.63, 3.8) is 0 Å². The summed E-state index contributed by atoms with van der Waals surface area (Å²) >= 11 is 0. The zero-order valence-electron chi connectivity index (χ0n) is 20.0. The molecule has 1 atom stereocenters. The van der Waals surface area contributed by atoms with Crippen LogP contribution in [0.5, 0.6) is 11.5 Å². The Balaban J connectivity index is 0.999. The number of aromatic nitrogens is 1. The van der Waals surface area contributed by atoms with E-state index in [0.717, 1.165) is 53.2 Å². The minimum atomic E-state index is -0.293. The van der Waals surface area contributed by atoms with Gasteiger partial charge in [0.1, 0.15) is 5.82 Å². The van der Waals surface area contributed by atoms with E-state index >= 15 is 0 Å². The molecule has 0 unspecified atom stereocenters. The third-order valence-corrected chi connectivity index (χ3v) is 7.47. The largest absolute Gasteiger partial charge is 0.454 e. The van der Waals surface area contributed by atoms with Gasteiger partial charge in [0.2, 0.25) is 18.6 Å². The van der Waals surface area contributed by atoms with Crippen LogP contribution in [-0.4, -0.2) is 77.6 Å². The molecule has 2 aromatic carbocycles. The van der Waals surface area contributed by atoms with Crippen molar-refractivity contribution < 1.29 is 23.5 Å². The third kappa shape index (κ3) is 4.51. The standard InChI is InChI=1S/C27H29FN4O4/c28-21-2-3-23-22(13-21)19(14-29-23)5-6-32-16-20(12-26(32)33)27(34)31-9-7-30(8-10-31)15-18-1-4-24-25(11-18)36-17-35-24/h1-4,11,13-14,20,29H,5-10,12,15-17H2/t20-/m0/s1. The normalized spacial score (nSPS) is 20.0. The van der Waals surface area contributed by atoms with Crippen LogP contribution in [0, 0.1) is 11.7 Å². The molecule has 0 spiro atoms. The van der Waals surface area contributed by atoms with Crippen LogP contribution < -0.4 is 9.47 Å². The van der Waals surface area contributed by atoms with Crippen LogP contribution in [-0.2, 0) is 22.6 Å². The molecule has 8 nitrogen and oxygen atoms in total. The van der Waals surface area contributed by atoms with Gasteiger partial charge in [-0.05, 0) is 47.9 Å². The van der Waals surface area contributed by atoms with E-state index in [0.29, 0.717) is 32.6 Å². The minimum Gasteiger partial charge on any atom is -0.454 e. The third-order valence-electron chi connectivity index (χ3n) is 7.47. The van der Waals surface area contributed by atoms with Gasteiger partial charge in [0, 0.05) is 69.3 Å². The van der Waals surface area contributed by atoms with Crippen LogP contribution in [0.25, 0.3) is 10.9 Å². The fourth-order valence-electron chi connectivity index (χ4n) is 5.45. The second-order valence-electron chi connectivity index (χ2n) is 9.78. The SMILES string of the molecule is O=C1C[C@H](C(=O)N2CCN(Cc3ccc4c(c3)OCO4)CC2)CN1CCc1c[nH]c2ccc(F)cc12. The maximum Gasteiger partial charge on any atom is 0.231 e. The van der Waals surface area contributed by atoms with Gasteiger partial charge in [0.25, 0.3) is 0 Å². The summed E-state index contributed by atoms with van der Waals surface area (Å²) in [5.41, 5.74) is 3.02. The summed E-state index contributed by atoms with van der Waals surface area (Å²) in [6, 6.07) is 10.7. The number of H-pyrrole nitrogens is 1. The number of fused-ring (bicyclic) bond motifs is 2. The lowest BCUT2D eigenvalue weighted by atomic mass is 10.1. The highest BCUT2D eigenvalue weighted by atomic mass is 19.1. The number of rotatable bonds is 6.